The highest BCUT2D eigenvalue weighted by Crippen LogP contribution is 2.28. The molecular weight excluding hydrogens is 290 g/mol. The molecule has 18 heavy (non-hydrogen) atoms. The Kier molecular flexibility index (Phi) is 5.98. The first-order valence-corrected chi connectivity index (χ1v) is 9.05. The zero-order valence-corrected chi connectivity index (χ0v) is 12.9. The second-order valence-corrected chi connectivity index (χ2v) is 8.23. The topological polar surface area (TPSA) is 60.2 Å². The van der Waals surface area contributed by atoms with Crippen LogP contribution in [0.2, 0.25) is 5.02 Å². The number of thioether (sulfide) groups is 1. The highest BCUT2D eigenvalue weighted by atomic mass is 35.5. The lowest BCUT2D eigenvalue weighted by atomic mass is 10.1. The summed E-state index contributed by atoms with van der Waals surface area (Å²) >= 11 is 7.61. The molecule has 0 amide bonds. The van der Waals surface area contributed by atoms with Gasteiger partial charge in [0.15, 0.2) is 0 Å². The van der Waals surface area contributed by atoms with E-state index < -0.39 is 9.84 Å². The predicted molar refractivity (Wildman–Crippen MR) is 79.2 cm³/mol. The van der Waals surface area contributed by atoms with Crippen LogP contribution in [0.4, 0.5) is 0 Å². The molecule has 0 aliphatic carbocycles. The van der Waals surface area contributed by atoms with Crippen molar-refractivity contribution in [2.75, 3.05) is 17.8 Å². The van der Waals surface area contributed by atoms with Crippen LogP contribution in [0.5, 0.6) is 0 Å². The van der Waals surface area contributed by atoms with Gasteiger partial charge < -0.3 is 5.73 Å². The fourth-order valence-corrected chi connectivity index (χ4v) is 3.96. The molecule has 3 nitrogen and oxygen atoms in total. The van der Waals surface area contributed by atoms with Gasteiger partial charge in [0.1, 0.15) is 9.84 Å². The van der Waals surface area contributed by atoms with Crippen LogP contribution in [0.1, 0.15) is 12.5 Å². The minimum Gasteiger partial charge on any atom is -0.328 e. The van der Waals surface area contributed by atoms with Gasteiger partial charge >= 0.3 is 0 Å². The summed E-state index contributed by atoms with van der Waals surface area (Å²) in [5.41, 5.74) is 6.83. The van der Waals surface area contributed by atoms with Crippen molar-refractivity contribution in [2.45, 2.75) is 24.3 Å². The van der Waals surface area contributed by atoms with Gasteiger partial charge in [-0.15, -0.1) is 11.8 Å². The molecule has 2 N–H and O–H groups in total. The molecule has 0 aliphatic heterocycles. The van der Waals surface area contributed by atoms with Crippen LogP contribution in [0.25, 0.3) is 0 Å². The van der Waals surface area contributed by atoms with Crippen molar-refractivity contribution in [1.82, 2.24) is 0 Å². The van der Waals surface area contributed by atoms with E-state index in [1.165, 1.54) is 18.0 Å². The maximum atomic E-state index is 11.0. The maximum absolute atomic E-state index is 11.0. The van der Waals surface area contributed by atoms with E-state index in [1.807, 2.05) is 25.1 Å². The number of hydrogen-bond donors (Lipinski definition) is 1. The summed E-state index contributed by atoms with van der Waals surface area (Å²) < 4.78 is 22.0. The molecule has 0 aromatic heterocycles. The molecule has 0 heterocycles. The van der Waals surface area contributed by atoms with Crippen LogP contribution >= 0.6 is 23.4 Å². The van der Waals surface area contributed by atoms with E-state index in [-0.39, 0.29) is 11.8 Å². The first kappa shape index (κ1) is 15.8. The van der Waals surface area contributed by atoms with Crippen molar-refractivity contribution in [3.8, 4) is 0 Å². The molecule has 0 saturated heterocycles. The number of benzene rings is 1. The summed E-state index contributed by atoms with van der Waals surface area (Å²) in [5.74, 6) is 0.681. The fourth-order valence-electron chi connectivity index (χ4n) is 1.46. The van der Waals surface area contributed by atoms with Gasteiger partial charge in [-0.2, -0.15) is 0 Å². The molecule has 0 saturated carbocycles. The SMILES string of the molecule is CC(N)Cc1ccc(SCCS(C)(=O)=O)c(Cl)c1. The minimum absolute atomic E-state index is 0.102. The molecule has 102 valence electrons. The van der Waals surface area contributed by atoms with E-state index in [4.69, 9.17) is 17.3 Å². The van der Waals surface area contributed by atoms with E-state index >= 15 is 0 Å². The molecule has 0 bridgehead atoms. The number of halogens is 1. The van der Waals surface area contributed by atoms with E-state index in [2.05, 4.69) is 0 Å². The zero-order valence-electron chi connectivity index (χ0n) is 10.5. The average Bonchev–Trinajstić information content (AvgIpc) is 2.18. The largest absolute Gasteiger partial charge is 0.328 e. The molecule has 0 aliphatic rings. The van der Waals surface area contributed by atoms with Crippen molar-refractivity contribution in [2.24, 2.45) is 5.73 Å². The van der Waals surface area contributed by atoms with Crippen LogP contribution in [0, 0.1) is 0 Å². The molecule has 0 spiro atoms. The van der Waals surface area contributed by atoms with Gasteiger partial charge in [0.2, 0.25) is 0 Å². The molecule has 0 radical (unpaired) electrons. The second kappa shape index (κ2) is 6.80. The normalized spacial score (nSPS) is 13.6. The van der Waals surface area contributed by atoms with Crippen LogP contribution in [0.15, 0.2) is 23.1 Å². The monoisotopic (exact) mass is 307 g/mol. The van der Waals surface area contributed by atoms with Gasteiger partial charge in [0.05, 0.1) is 10.8 Å². The zero-order chi connectivity index (χ0) is 13.8. The molecule has 0 fully saturated rings. The predicted octanol–water partition coefficient (Wildman–Crippen LogP) is 2.37. The highest BCUT2D eigenvalue weighted by molar-refractivity contribution is 8.00. The minimum atomic E-state index is -2.91. The summed E-state index contributed by atoms with van der Waals surface area (Å²) in [4.78, 5) is 0.911. The van der Waals surface area contributed by atoms with E-state index in [0.29, 0.717) is 10.8 Å². The summed E-state index contributed by atoms with van der Waals surface area (Å²) in [7, 11) is -2.91. The average molecular weight is 308 g/mol. The maximum Gasteiger partial charge on any atom is 0.148 e. The third kappa shape index (κ3) is 6.09. The van der Waals surface area contributed by atoms with Crippen LogP contribution in [-0.4, -0.2) is 32.2 Å². The van der Waals surface area contributed by atoms with Gasteiger partial charge in [-0.3, -0.25) is 0 Å². The first-order chi connectivity index (χ1) is 8.28. The second-order valence-electron chi connectivity index (χ2n) is 4.42. The summed E-state index contributed by atoms with van der Waals surface area (Å²) in [6.07, 6.45) is 2.02. The van der Waals surface area contributed by atoms with E-state index in [0.717, 1.165) is 16.9 Å². The van der Waals surface area contributed by atoms with Gasteiger partial charge in [0.25, 0.3) is 0 Å². The lowest BCUT2D eigenvalue weighted by Gasteiger charge is -2.08. The molecule has 1 aromatic carbocycles. The summed E-state index contributed by atoms with van der Waals surface area (Å²) in [5, 5.41) is 0.659. The van der Waals surface area contributed by atoms with Crippen molar-refractivity contribution in [3.63, 3.8) is 0 Å². The number of hydrogen-bond acceptors (Lipinski definition) is 4. The molecule has 1 rings (SSSR count). The summed E-state index contributed by atoms with van der Waals surface area (Å²) in [6, 6.07) is 5.91. The molecule has 1 atom stereocenters. The van der Waals surface area contributed by atoms with Gasteiger partial charge in [-0.05, 0) is 31.0 Å². The molecule has 6 heteroatoms. The van der Waals surface area contributed by atoms with Crippen LogP contribution in [0.3, 0.4) is 0 Å². The first-order valence-electron chi connectivity index (χ1n) is 5.62. The van der Waals surface area contributed by atoms with Crippen molar-refractivity contribution in [3.05, 3.63) is 28.8 Å². The Bertz CT molecular complexity index is 501. The van der Waals surface area contributed by atoms with E-state index in [1.54, 1.807) is 0 Å². The Labute approximate surface area is 118 Å². The molecule has 1 aromatic rings. The molecule has 1 unspecified atom stereocenters. The van der Waals surface area contributed by atoms with Crippen molar-refractivity contribution < 1.29 is 8.42 Å². The Morgan fingerprint density at radius 3 is 2.61 bits per heavy atom. The highest BCUT2D eigenvalue weighted by Gasteiger charge is 2.07. The smallest absolute Gasteiger partial charge is 0.148 e. The standard InChI is InChI=1S/C12H18ClNO2S2/c1-9(14)7-10-3-4-12(11(13)8-10)17-5-6-18(2,15)16/h3-4,8-9H,5-7,14H2,1-2H3. The summed E-state index contributed by atoms with van der Waals surface area (Å²) in [6.45, 7) is 1.95. The van der Waals surface area contributed by atoms with Crippen LogP contribution in [-0.2, 0) is 16.3 Å². The van der Waals surface area contributed by atoms with Crippen molar-refractivity contribution in [1.29, 1.82) is 0 Å². The lowest BCUT2D eigenvalue weighted by molar-refractivity contribution is 0.603. The quantitative estimate of drug-likeness (QED) is 0.820. The Hall–Kier alpha value is -0.230. The van der Waals surface area contributed by atoms with Gasteiger partial charge in [-0.1, -0.05) is 17.7 Å². The molecular formula is C12H18ClNO2S2. The van der Waals surface area contributed by atoms with Gasteiger partial charge in [0, 0.05) is 22.9 Å². The van der Waals surface area contributed by atoms with Crippen LogP contribution < -0.4 is 5.73 Å². The lowest BCUT2D eigenvalue weighted by Crippen LogP contribution is -2.17. The fraction of sp³-hybridized carbons (Fsp3) is 0.500. The Morgan fingerprint density at radius 2 is 2.11 bits per heavy atom. The number of nitrogens with two attached hydrogens (primary N) is 1. The third-order valence-electron chi connectivity index (χ3n) is 2.27. The third-order valence-corrected chi connectivity index (χ3v) is 4.97. The number of sulfone groups is 1. The van der Waals surface area contributed by atoms with E-state index in [9.17, 15) is 8.42 Å². The van der Waals surface area contributed by atoms with Crippen molar-refractivity contribution >= 4 is 33.2 Å². The Morgan fingerprint density at radius 1 is 1.44 bits per heavy atom. The number of rotatable bonds is 6. The van der Waals surface area contributed by atoms with Gasteiger partial charge in [-0.25, -0.2) is 8.42 Å². The Balaban J connectivity index is 2.62.